The van der Waals surface area contributed by atoms with Crippen LogP contribution in [-0.2, 0) is 6.54 Å². The molecule has 1 aromatic carbocycles. The summed E-state index contributed by atoms with van der Waals surface area (Å²) in [5.41, 5.74) is 1.77. The minimum atomic E-state index is -0.895. The van der Waals surface area contributed by atoms with Gasteiger partial charge in [-0.1, -0.05) is 0 Å². The third-order valence-corrected chi connectivity index (χ3v) is 4.30. The van der Waals surface area contributed by atoms with Gasteiger partial charge >= 0.3 is 5.97 Å². The van der Waals surface area contributed by atoms with Gasteiger partial charge in [0.15, 0.2) is 0 Å². The quantitative estimate of drug-likeness (QED) is 0.856. The van der Waals surface area contributed by atoms with Gasteiger partial charge in [-0.25, -0.2) is 4.79 Å². The molecule has 1 aromatic heterocycles. The lowest BCUT2D eigenvalue weighted by molar-refractivity contribution is 0.0702. The predicted molar refractivity (Wildman–Crippen MR) is 82.9 cm³/mol. The number of carboxylic acid groups (broad SMARTS) is 1. The number of anilines is 1. The Hall–Kier alpha value is -2.21. The molecule has 0 amide bonds. The predicted octanol–water partition coefficient (Wildman–Crippen LogP) is 3.38. The van der Waals surface area contributed by atoms with E-state index in [4.69, 9.17) is 14.6 Å². The smallest absolute Gasteiger partial charge is 0.345 e. The molecule has 6 heteroatoms. The van der Waals surface area contributed by atoms with E-state index in [0.717, 1.165) is 21.9 Å². The second-order valence-corrected chi connectivity index (χ2v) is 5.58. The van der Waals surface area contributed by atoms with Gasteiger partial charge in [0.25, 0.3) is 0 Å². The van der Waals surface area contributed by atoms with Gasteiger partial charge < -0.3 is 19.9 Å². The molecule has 0 saturated carbocycles. The monoisotopic (exact) mass is 307 g/mol. The number of methoxy groups -OCH3 is 2. The van der Waals surface area contributed by atoms with Gasteiger partial charge in [0, 0.05) is 17.5 Å². The number of aryl methyl sites for hydroxylation is 1. The molecule has 112 valence electrons. The van der Waals surface area contributed by atoms with E-state index < -0.39 is 5.97 Å². The summed E-state index contributed by atoms with van der Waals surface area (Å²) < 4.78 is 10.5. The summed E-state index contributed by atoms with van der Waals surface area (Å²) in [7, 11) is 3.21. The van der Waals surface area contributed by atoms with Crippen LogP contribution in [0.1, 0.15) is 20.1 Å². The fourth-order valence-electron chi connectivity index (χ4n) is 1.93. The first kappa shape index (κ1) is 15.2. The van der Waals surface area contributed by atoms with E-state index in [1.54, 1.807) is 20.3 Å². The lowest BCUT2D eigenvalue weighted by atomic mass is 10.2. The minimum Gasteiger partial charge on any atom is -0.497 e. The van der Waals surface area contributed by atoms with Crippen molar-refractivity contribution in [3.63, 3.8) is 0 Å². The maximum atomic E-state index is 11.0. The molecular formula is C15H17NO4S. The summed E-state index contributed by atoms with van der Waals surface area (Å²) in [5.74, 6) is 0.546. The summed E-state index contributed by atoms with van der Waals surface area (Å²) in [4.78, 5) is 12.3. The molecule has 0 fully saturated rings. The lowest BCUT2D eigenvalue weighted by Crippen LogP contribution is -2.01. The van der Waals surface area contributed by atoms with E-state index in [-0.39, 0.29) is 0 Å². The molecule has 0 aliphatic rings. The highest BCUT2D eigenvalue weighted by Gasteiger charge is 2.12. The molecule has 0 saturated heterocycles. The average molecular weight is 307 g/mol. The van der Waals surface area contributed by atoms with Crippen LogP contribution in [0.3, 0.4) is 0 Å². The van der Waals surface area contributed by atoms with Gasteiger partial charge in [-0.3, -0.25) is 0 Å². The Morgan fingerprint density at radius 3 is 2.62 bits per heavy atom. The summed E-state index contributed by atoms with van der Waals surface area (Å²) in [6.45, 7) is 2.44. The van der Waals surface area contributed by atoms with Crippen molar-refractivity contribution < 1.29 is 19.4 Å². The molecule has 0 spiro atoms. The van der Waals surface area contributed by atoms with Crippen LogP contribution in [-0.4, -0.2) is 25.3 Å². The Balaban J connectivity index is 2.17. The van der Waals surface area contributed by atoms with E-state index in [1.807, 2.05) is 25.1 Å². The Morgan fingerprint density at radius 1 is 1.29 bits per heavy atom. The van der Waals surface area contributed by atoms with Crippen molar-refractivity contribution in [2.24, 2.45) is 0 Å². The number of benzene rings is 1. The van der Waals surface area contributed by atoms with Gasteiger partial charge in [-0.2, -0.15) is 0 Å². The van der Waals surface area contributed by atoms with Gasteiger partial charge in [0.2, 0.25) is 0 Å². The Bertz CT molecular complexity index is 651. The highest BCUT2D eigenvalue weighted by atomic mass is 32.1. The maximum Gasteiger partial charge on any atom is 0.345 e. The molecule has 0 atom stereocenters. The highest BCUT2D eigenvalue weighted by molar-refractivity contribution is 7.14. The van der Waals surface area contributed by atoms with Crippen LogP contribution in [0.2, 0.25) is 0 Å². The lowest BCUT2D eigenvalue weighted by Gasteiger charge is -2.12. The Labute approximate surface area is 127 Å². The van der Waals surface area contributed by atoms with E-state index in [0.29, 0.717) is 17.2 Å². The molecule has 5 nitrogen and oxygen atoms in total. The van der Waals surface area contributed by atoms with Crippen LogP contribution in [0.15, 0.2) is 24.3 Å². The molecular weight excluding hydrogens is 290 g/mol. The van der Waals surface area contributed by atoms with Crippen molar-refractivity contribution in [1.82, 2.24) is 0 Å². The topological polar surface area (TPSA) is 67.8 Å². The number of carbonyl (C=O) groups is 1. The van der Waals surface area contributed by atoms with Crippen molar-refractivity contribution in [2.45, 2.75) is 13.5 Å². The summed E-state index contributed by atoms with van der Waals surface area (Å²) in [5, 5.41) is 12.3. The third kappa shape index (κ3) is 3.46. The molecule has 0 aliphatic heterocycles. The molecule has 21 heavy (non-hydrogen) atoms. The number of nitrogens with one attached hydrogen (secondary N) is 1. The van der Waals surface area contributed by atoms with Crippen molar-refractivity contribution >= 4 is 23.0 Å². The highest BCUT2D eigenvalue weighted by Crippen LogP contribution is 2.30. The maximum absolute atomic E-state index is 11.0. The summed E-state index contributed by atoms with van der Waals surface area (Å²) >= 11 is 1.28. The van der Waals surface area contributed by atoms with Crippen molar-refractivity contribution in [3.05, 3.63) is 39.6 Å². The van der Waals surface area contributed by atoms with Crippen molar-refractivity contribution in [3.8, 4) is 11.5 Å². The fourth-order valence-corrected chi connectivity index (χ4v) is 2.88. The second kappa shape index (κ2) is 6.49. The zero-order chi connectivity index (χ0) is 15.4. The largest absolute Gasteiger partial charge is 0.497 e. The summed E-state index contributed by atoms with van der Waals surface area (Å²) in [6, 6.07) is 7.18. The molecule has 0 bridgehead atoms. The zero-order valence-electron chi connectivity index (χ0n) is 12.1. The Kier molecular flexibility index (Phi) is 4.70. The molecule has 1 heterocycles. The van der Waals surface area contributed by atoms with Gasteiger partial charge in [-0.05, 0) is 30.7 Å². The zero-order valence-corrected chi connectivity index (χ0v) is 12.9. The molecule has 2 N–H and O–H groups in total. The second-order valence-electron chi connectivity index (χ2n) is 4.44. The van der Waals surface area contributed by atoms with Crippen LogP contribution >= 0.6 is 11.3 Å². The third-order valence-electron chi connectivity index (χ3n) is 3.08. The van der Waals surface area contributed by atoms with Crippen LogP contribution < -0.4 is 14.8 Å². The SMILES string of the molecule is COc1ccc(OC)c(NCc2sc(C(=O)O)cc2C)c1. The van der Waals surface area contributed by atoms with Crippen LogP contribution in [0.4, 0.5) is 5.69 Å². The van der Waals surface area contributed by atoms with E-state index in [2.05, 4.69) is 5.32 Å². The van der Waals surface area contributed by atoms with Crippen LogP contribution in [0, 0.1) is 6.92 Å². The number of aromatic carboxylic acids is 1. The first-order valence-corrected chi connectivity index (χ1v) is 7.15. The molecule has 0 aliphatic carbocycles. The number of rotatable bonds is 6. The normalized spacial score (nSPS) is 10.2. The van der Waals surface area contributed by atoms with Gasteiger partial charge in [0.1, 0.15) is 16.4 Å². The first-order chi connectivity index (χ1) is 10.0. The van der Waals surface area contributed by atoms with Crippen molar-refractivity contribution in [2.75, 3.05) is 19.5 Å². The Morgan fingerprint density at radius 2 is 2.05 bits per heavy atom. The first-order valence-electron chi connectivity index (χ1n) is 6.33. The average Bonchev–Trinajstić information content (AvgIpc) is 2.86. The van der Waals surface area contributed by atoms with Crippen molar-refractivity contribution in [1.29, 1.82) is 0 Å². The number of carboxylic acids is 1. The molecule has 0 unspecified atom stereocenters. The molecule has 2 aromatic rings. The van der Waals surface area contributed by atoms with E-state index in [1.165, 1.54) is 11.3 Å². The number of thiophene rings is 1. The van der Waals surface area contributed by atoms with Gasteiger partial charge in [0.05, 0.1) is 19.9 Å². The van der Waals surface area contributed by atoms with E-state index >= 15 is 0 Å². The number of hydrogen-bond acceptors (Lipinski definition) is 5. The number of hydrogen-bond donors (Lipinski definition) is 2. The van der Waals surface area contributed by atoms with Crippen LogP contribution in [0.5, 0.6) is 11.5 Å². The standard InChI is InChI=1S/C15H17NO4S/c1-9-6-13(15(17)18)21-14(9)8-16-11-7-10(19-2)4-5-12(11)20-3/h4-7,16H,8H2,1-3H3,(H,17,18). The van der Waals surface area contributed by atoms with E-state index in [9.17, 15) is 4.79 Å². The fraction of sp³-hybridized carbons (Fsp3) is 0.267. The molecule has 2 rings (SSSR count). The van der Waals surface area contributed by atoms with Crippen LogP contribution in [0.25, 0.3) is 0 Å². The van der Waals surface area contributed by atoms with Gasteiger partial charge in [-0.15, -0.1) is 11.3 Å². The minimum absolute atomic E-state index is 0.349. The molecule has 0 radical (unpaired) electrons. The summed E-state index contributed by atoms with van der Waals surface area (Å²) in [6.07, 6.45) is 0. The number of ether oxygens (including phenoxy) is 2.